The Balaban J connectivity index is 2.41. The van der Waals surface area contributed by atoms with Gasteiger partial charge in [-0.3, -0.25) is 9.59 Å². The summed E-state index contributed by atoms with van der Waals surface area (Å²) in [7, 11) is 5.06. The molecule has 18 heavy (non-hydrogen) atoms. The normalized spacial score (nSPS) is 23.6. The highest BCUT2D eigenvalue weighted by Gasteiger charge is 2.26. The van der Waals surface area contributed by atoms with Crippen LogP contribution in [0.2, 0.25) is 0 Å². The van der Waals surface area contributed by atoms with Gasteiger partial charge in [-0.2, -0.15) is 0 Å². The average molecular weight is 255 g/mol. The van der Waals surface area contributed by atoms with Gasteiger partial charge in [-0.1, -0.05) is 12.8 Å². The van der Waals surface area contributed by atoms with Crippen LogP contribution in [0.1, 0.15) is 32.1 Å². The van der Waals surface area contributed by atoms with E-state index in [2.05, 4.69) is 0 Å². The minimum absolute atomic E-state index is 0.0209. The van der Waals surface area contributed by atoms with Crippen molar-refractivity contribution in [2.45, 2.75) is 38.1 Å². The SMILES string of the molecule is CN(C)C(=O)CN(C)C(=O)CC1CCCCC1N. The van der Waals surface area contributed by atoms with E-state index in [0.29, 0.717) is 6.42 Å². The molecular formula is C13H25N3O2. The Labute approximate surface area is 109 Å². The lowest BCUT2D eigenvalue weighted by Gasteiger charge is -2.29. The molecule has 5 nitrogen and oxygen atoms in total. The Morgan fingerprint density at radius 3 is 2.28 bits per heavy atom. The Morgan fingerprint density at radius 1 is 1.11 bits per heavy atom. The van der Waals surface area contributed by atoms with E-state index in [1.54, 1.807) is 21.1 Å². The van der Waals surface area contributed by atoms with E-state index >= 15 is 0 Å². The van der Waals surface area contributed by atoms with Crippen molar-refractivity contribution in [2.75, 3.05) is 27.7 Å². The fourth-order valence-corrected chi connectivity index (χ4v) is 2.30. The largest absolute Gasteiger partial charge is 0.347 e. The third-order valence-corrected chi connectivity index (χ3v) is 3.70. The minimum atomic E-state index is -0.0567. The van der Waals surface area contributed by atoms with Gasteiger partial charge < -0.3 is 15.5 Å². The van der Waals surface area contributed by atoms with Crippen molar-refractivity contribution in [1.82, 2.24) is 9.80 Å². The summed E-state index contributed by atoms with van der Waals surface area (Å²) < 4.78 is 0. The molecule has 1 aliphatic carbocycles. The molecule has 0 saturated heterocycles. The maximum absolute atomic E-state index is 12.0. The molecule has 1 rings (SSSR count). The molecule has 0 heterocycles. The van der Waals surface area contributed by atoms with Gasteiger partial charge in [0.25, 0.3) is 0 Å². The number of likely N-dealkylation sites (N-methyl/N-ethyl adjacent to an activating group) is 2. The van der Waals surface area contributed by atoms with Crippen LogP contribution in [0.4, 0.5) is 0 Å². The predicted molar refractivity (Wildman–Crippen MR) is 70.9 cm³/mol. The molecule has 2 atom stereocenters. The van der Waals surface area contributed by atoms with Crippen LogP contribution in [0.15, 0.2) is 0 Å². The second-order valence-corrected chi connectivity index (χ2v) is 5.45. The molecule has 0 aromatic heterocycles. The van der Waals surface area contributed by atoms with E-state index in [0.717, 1.165) is 19.3 Å². The number of nitrogens with zero attached hydrogens (tertiary/aromatic N) is 2. The van der Waals surface area contributed by atoms with Crippen molar-refractivity contribution >= 4 is 11.8 Å². The summed E-state index contributed by atoms with van der Waals surface area (Å²) >= 11 is 0. The van der Waals surface area contributed by atoms with Gasteiger partial charge in [0.2, 0.25) is 11.8 Å². The van der Waals surface area contributed by atoms with Crippen molar-refractivity contribution in [3.63, 3.8) is 0 Å². The first-order chi connectivity index (χ1) is 8.41. The molecule has 1 fully saturated rings. The van der Waals surface area contributed by atoms with Crippen LogP contribution < -0.4 is 5.73 Å². The maximum Gasteiger partial charge on any atom is 0.241 e. The van der Waals surface area contributed by atoms with Gasteiger partial charge in [-0.25, -0.2) is 0 Å². The van der Waals surface area contributed by atoms with E-state index in [-0.39, 0.29) is 30.3 Å². The lowest BCUT2D eigenvalue weighted by molar-refractivity contribution is -0.138. The first-order valence-corrected chi connectivity index (χ1v) is 6.61. The fraction of sp³-hybridized carbons (Fsp3) is 0.846. The summed E-state index contributed by atoms with van der Waals surface area (Å²) in [4.78, 5) is 26.5. The summed E-state index contributed by atoms with van der Waals surface area (Å²) in [5.41, 5.74) is 6.03. The molecule has 0 radical (unpaired) electrons. The second-order valence-electron chi connectivity index (χ2n) is 5.45. The molecule has 0 bridgehead atoms. The number of carbonyl (C=O) groups is 2. The fourth-order valence-electron chi connectivity index (χ4n) is 2.30. The lowest BCUT2D eigenvalue weighted by Crippen LogP contribution is -2.41. The molecule has 2 N–H and O–H groups in total. The van der Waals surface area contributed by atoms with Gasteiger partial charge in [-0.15, -0.1) is 0 Å². The first kappa shape index (κ1) is 15.0. The number of amides is 2. The summed E-state index contributed by atoms with van der Waals surface area (Å²) in [5, 5.41) is 0. The summed E-state index contributed by atoms with van der Waals surface area (Å²) in [6.07, 6.45) is 4.84. The zero-order chi connectivity index (χ0) is 13.7. The molecule has 2 amide bonds. The van der Waals surface area contributed by atoms with Gasteiger partial charge in [-0.05, 0) is 18.8 Å². The van der Waals surface area contributed by atoms with Crippen LogP contribution in [0.25, 0.3) is 0 Å². The number of hydrogen-bond donors (Lipinski definition) is 1. The number of nitrogens with two attached hydrogens (primary N) is 1. The zero-order valence-corrected chi connectivity index (χ0v) is 11.7. The summed E-state index contributed by atoms with van der Waals surface area (Å²) in [6, 6.07) is 0.139. The smallest absolute Gasteiger partial charge is 0.241 e. The molecule has 104 valence electrons. The van der Waals surface area contributed by atoms with Crippen molar-refractivity contribution in [1.29, 1.82) is 0 Å². The lowest BCUT2D eigenvalue weighted by atomic mass is 9.83. The molecule has 1 aliphatic rings. The van der Waals surface area contributed by atoms with E-state index in [1.165, 1.54) is 16.2 Å². The number of hydrogen-bond acceptors (Lipinski definition) is 3. The van der Waals surface area contributed by atoms with Gasteiger partial charge in [0.1, 0.15) is 0 Å². The van der Waals surface area contributed by atoms with Gasteiger partial charge >= 0.3 is 0 Å². The molecule has 1 saturated carbocycles. The van der Waals surface area contributed by atoms with Crippen molar-refractivity contribution < 1.29 is 9.59 Å². The Kier molecular flexibility index (Phi) is 5.59. The van der Waals surface area contributed by atoms with Crippen molar-refractivity contribution in [3.8, 4) is 0 Å². The molecule has 0 aromatic carbocycles. The maximum atomic E-state index is 12.0. The van der Waals surface area contributed by atoms with Crippen LogP contribution in [0.3, 0.4) is 0 Å². The van der Waals surface area contributed by atoms with Gasteiger partial charge in [0.05, 0.1) is 6.54 Å². The zero-order valence-electron chi connectivity index (χ0n) is 11.7. The van der Waals surface area contributed by atoms with Crippen molar-refractivity contribution in [2.24, 2.45) is 11.7 Å². The van der Waals surface area contributed by atoms with Crippen LogP contribution >= 0.6 is 0 Å². The molecule has 0 spiro atoms. The highest BCUT2D eigenvalue weighted by atomic mass is 16.2. The second kappa shape index (κ2) is 6.73. The summed E-state index contributed by atoms with van der Waals surface area (Å²) in [5.74, 6) is 0.245. The molecule has 2 unspecified atom stereocenters. The molecule has 0 aromatic rings. The van der Waals surface area contributed by atoms with E-state index < -0.39 is 0 Å². The Bertz CT molecular complexity index is 305. The van der Waals surface area contributed by atoms with Crippen molar-refractivity contribution in [3.05, 3.63) is 0 Å². The Hall–Kier alpha value is -1.10. The Morgan fingerprint density at radius 2 is 1.72 bits per heavy atom. The third kappa shape index (κ3) is 4.29. The van der Waals surface area contributed by atoms with Gasteiger partial charge in [0, 0.05) is 33.6 Å². The molecule has 5 heteroatoms. The molecule has 0 aliphatic heterocycles. The van der Waals surface area contributed by atoms with E-state index in [4.69, 9.17) is 5.73 Å². The third-order valence-electron chi connectivity index (χ3n) is 3.70. The monoisotopic (exact) mass is 255 g/mol. The van der Waals surface area contributed by atoms with E-state index in [1.807, 2.05) is 0 Å². The highest BCUT2D eigenvalue weighted by Crippen LogP contribution is 2.26. The first-order valence-electron chi connectivity index (χ1n) is 6.61. The quantitative estimate of drug-likeness (QED) is 0.792. The van der Waals surface area contributed by atoms with Crippen LogP contribution in [0, 0.1) is 5.92 Å². The van der Waals surface area contributed by atoms with Gasteiger partial charge in [0.15, 0.2) is 0 Å². The predicted octanol–water partition coefficient (Wildman–Crippen LogP) is 0.441. The van der Waals surface area contributed by atoms with Crippen LogP contribution in [-0.2, 0) is 9.59 Å². The topological polar surface area (TPSA) is 66.6 Å². The average Bonchev–Trinajstić information content (AvgIpc) is 2.31. The minimum Gasteiger partial charge on any atom is -0.347 e. The van der Waals surface area contributed by atoms with E-state index in [9.17, 15) is 9.59 Å². The number of carbonyl (C=O) groups excluding carboxylic acids is 2. The highest BCUT2D eigenvalue weighted by molar-refractivity contribution is 5.84. The standard InChI is InChI=1S/C13H25N3O2/c1-15(2)13(18)9-16(3)12(17)8-10-6-4-5-7-11(10)14/h10-11H,4-9,14H2,1-3H3. The van der Waals surface area contributed by atoms with Crippen LogP contribution in [-0.4, -0.2) is 55.3 Å². The number of rotatable bonds is 4. The van der Waals surface area contributed by atoms with Crippen LogP contribution in [0.5, 0.6) is 0 Å². The summed E-state index contributed by atoms with van der Waals surface area (Å²) in [6.45, 7) is 0.147. The molecular weight excluding hydrogens is 230 g/mol.